The topological polar surface area (TPSA) is 217 Å². The number of aliphatic carboxylic acids is 1. The third-order valence-corrected chi connectivity index (χ3v) is 10.6. The summed E-state index contributed by atoms with van der Waals surface area (Å²) in [6, 6.07) is 16.8. The molecule has 1 saturated heterocycles. The second kappa shape index (κ2) is 14.3. The molecule has 4 aromatic carbocycles. The number of aliphatic hydroxyl groups is 3. The summed E-state index contributed by atoms with van der Waals surface area (Å²) in [5.41, 5.74) is 2.33. The Bertz CT molecular complexity index is 2240. The Morgan fingerprint density at radius 1 is 0.649 bits per heavy atom. The van der Waals surface area contributed by atoms with Crippen molar-refractivity contribution in [1.82, 2.24) is 0 Å². The highest BCUT2D eigenvalue weighted by molar-refractivity contribution is 5.80. The van der Waals surface area contributed by atoms with Crippen molar-refractivity contribution in [3.8, 4) is 57.5 Å². The van der Waals surface area contributed by atoms with E-state index >= 15 is 0 Å². The van der Waals surface area contributed by atoms with E-state index in [9.17, 15) is 30.0 Å². The van der Waals surface area contributed by atoms with Gasteiger partial charge in [0.15, 0.2) is 29.6 Å². The van der Waals surface area contributed by atoms with Crippen LogP contribution in [0.4, 0.5) is 0 Å². The number of hydrogen-bond acceptors (Lipinski definition) is 16. The predicted molar refractivity (Wildman–Crippen MR) is 192 cm³/mol. The molecule has 1 fully saturated rings. The molecule has 4 N–H and O–H groups in total. The molecule has 0 aromatic heterocycles. The second-order valence-corrected chi connectivity index (χ2v) is 13.6. The van der Waals surface area contributed by atoms with E-state index in [0.29, 0.717) is 74.0 Å². The van der Waals surface area contributed by atoms with Crippen LogP contribution in [-0.4, -0.2) is 99.2 Å². The predicted octanol–water partition coefficient (Wildman–Crippen LogP) is 3.16. The van der Waals surface area contributed by atoms with Crippen LogP contribution in [0.3, 0.4) is 0 Å². The molecule has 5 heterocycles. The number of hydrogen-bond donors (Lipinski definition) is 4. The van der Waals surface area contributed by atoms with Crippen molar-refractivity contribution >= 4 is 11.9 Å². The van der Waals surface area contributed by atoms with Gasteiger partial charge in [-0.05, 0) is 24.3 Å². The third-order valence-electron chi connectivity index (χ3n) is 10.6. The fourth-order valence-electron chi connectivity index (χ4n) is 7.94. The maximum Gasteiger partial charge on any atom is 0.317 e. The van der Waals surface area contributed by atoms with E-state index in [2.05, 4.69) is 0 Å². The number of benzene rings is 4. The number of fused-ring (bicyclic) bond motifs is 5. The molecule has 0 aliphatic carbocycles. The van der Waals surface area contributed by atoms with E-state index < -0.39 is 53.8 Å². The fourth-order valence-corrected chi connectivity index (χ4v) is 7.94. The molecule has 17 heteroatoms. The van der Waals surface area contributed by atoms with Gasteiger partial charge < -0.3 is 72.5 Å². The third kappa shape index (κ3) is 6.23. The van der Waals surface area contributed by atoms with Gasteiger partial charge in [-0.25, -0.2) is 0 Å². The van der Waals surface area contributed by atoms with Gasteiger partial charge in [0.05, 0.1) is 28.4 Å². The Morgan fingerprint density at radius 3 is 1.63 bits per heavy atom. The van der Waals surface area contributed by atoms with Crippen LogP contribution in [0.1, 0.15) is 34.1 Å². The minimum Gasteiger partial charge on any atom is -0.497 e. The minimum atomic E-state index is -2.36. The van der Waals surface area contributed by atoms with E-state index in [1.54, 1.807) is 55.6 Å². The molecule has 57 heavy (non-hydrogen) atoms. The number of carboxylic acid groups (broad SMARTS) is 1. The van der Waals surface area contributed by atoms with Crippen molar-refractivity contribution in [3.05, 3.63) is 82.9 Å². The van der Waals surface area contributed by atoms with Gasteiger partial charge >= 0.3 is 11.9 Å². The molecular weight excluding hydrogens is 752 g/mol. The SMILES string of the molecule is COc1ccc([C@H]2c3cc4c(cc3OC(O)(CO)[C@H]2C(=O)O)OCO4)c(OC)c1.COc1ccc([C@H]2c3cc4c(cc3OC3(O)COC(=O)[C@@H]23)OCO4)c(OC)c1. The van der Waals surface area contributed by atoms with Gasteiger partial charge in [-0.3, -0.25) is 9.59 Å². The lowest BCUT2D eigenvalue weighted by Crippen LogP contribution is -2.55. The number of cyclic esters (lactones) is 1. The van der Waals surface area contributed by atoms with Gasteiger partial charge in [0.2, 0.25) is 19.4 Å². The quantitative estimate of drug-likeness (QED) is 0.189. The zero-order valence-corrected chi connectivity index (χ0v) is 31.0. The largest absolute Gasteiger partial charge is 0.497 e. The first-order valence-corrected chi connectivity index (χ1v) is 17.6. The molecule has 6 atom stereocenters. The molecule has 5 aliphatic heterocycles. The molecule has 17 nitrogen and oxygen atoms in total. The molecule has 0 amide bonds. The average molecular weight is 791 g/mol. The summed E-state index contributed by atoms with van der Waals surface area (Å²) in [5, 5.41) is 41.7. The van der Waals surface area contributed by atoms with Gasteiger partial charge in [-0.1, -0.05) is 12.1 Å². The van der Waals surface area contributed by atoms with Gasteiger partial charge in [-0.15, -0.1) is 0 Å². The summed E-state index contributed by atoms with van der Waals surface area (Å²) in [6.07, 6.45) is 0. The first-order chi connectivity index (χ1) is 27.4. The number of aliphatic hydroxyl groups excluding tert-OH is 1. The van der Waals surface area contributed by atoms with Crippen molar-refractivity contribution in [2.24, 2.45) is 11.8 Å². The number of methoxy groups -OCH3 is 4. The van der Waals surface area contributed by atoms with Crippen LogP contribution in [0.25, 0.3) is 0 Å². The van der Waals surface area contributed by atoms with E-state index in [0.717, 1.165) is 0 Å². The number of carboxylic acids is 1. The summed E-state index contributed by atoms with van der Waals surface area (Å²) in [4.78, 5) is 24.8. The maximum absolute atomic E-state index is 12.6. The molecule has 5 aliphatic rings. The Hall–Kier alpha value is -6.30. The van der Waals surface area contributed by atoms with Crippen LogP contribution < -0.4 is 47.4 Å². The Balaban J connectivity index is 0.000000160. The number of carbonyl (C=O) groups excluding carboxylic acids is 1. The Morgan fingerprint density at radius 2 is 1.14 bits per heavy atom. The van der Waals surface area contributed by atoms with Gasteiger partial charge in [-0.2, -0.15) is 0 Å². The van der Waals surface area contributed by atoms with E-state index in [-0.39, 0.29) is 25.9 Å². The second-order valence-electron chi connectivity index (χ2n) is 13.6. The van der Waals surface area contributed by atoms with E-state index in [4.69, 9.17) is 52.1 Å². The van der Waals surface area contributed by atoms with Gasteiger partial charge in [0.1, 0.15) is 52.9 Å². The maximum atomic E-state index is 12.6. The molecule has 0 bridgehead atoms. The molecule has 2 unspecified atom stereocenters. The molecule has 9 rings (SSSR count). The van der Waals surface area contributed by atoms with Crippen LogP contribution in [0, 0.1) is 11.8 Å². The zero-order chi connectivity index (χ0) is 40.2. The first-order valence-electron chi connectivity index (χ1n) is 17.6. The smallest absolute Gasteiger partial charge is 0.317 e. The lowest BCUT2D eigenvalue weighted by molar-refractivity contribution is -0.220. The van der Waals surface area contributed by atoms with Crippen LogP contribution in [0.15, 0.2) is 60.7 Å². The van der Waals surface area contributed by atoms with Crippen LogP contribution in [-0.2, 0) is 14.3 Å². The highest BCUT2D eigenvalue weighted by Crippen LogP contribution is 2.56. The number of carbonyl (C=O) groups is 2. The normalized spacial score (nSPS) is 25.6. The van der Waals surface area contributed by atoms with Crippen molar-refractivity contribution in [3.63, 3.8) is 0 Å². The summed E-state index contributed by atoms with van der Waals surface area (Å²) >= 11 is 0. The fraction of sp³-hybridized carbons (Fsp3) is 0.350. The number of ether oxygens (including phenoxy) is 11. The molecule has 4 aromatic rings. The number of esters is 1. The summed E-state index contributed by atoms with van der Waals surface area (Å²) in [7, 11) is 6.05. The molecule has 0 saturated carbocycles. The van der Waals surface area contributed by atoms with Gasteiger partial charge in [0.25, 0.3) is 5.79 Å². The lowest BCUT2D eigenvalue weighted by Gasteiger charge is -2.42. The highest BCUT2D eigenvalue weighted by atomic mass is 16.7. The molecule has 0 spiro atoms. The van der Waals surface area contributed by atoms with Crippen molar-refractivity contribution in [2.45, 2.75) is 23.4 Å². The molecular formula is C40H38O17. The lowest BCUT2D eigenvalue weighted by atomic mass is 9.73. The Kier molecular flexibility index (Phi) is 9.46. The standard InChI is InChI=1S/C20H20O9.C20H18O8/c1-25-10-3-4-11(13(5-10)26-2)17-12-6-15-16(28-9-27-15)7-14(12)29-20(24,8-21)18(17)19(22)23;1-23-10-3-4-11(13(5-10)24-2)17-12-6-15-16(27-9-26-15)7-14(12)28-20(22)8-25-19(21)18(17)20/h3-7,17-18,21,24H,8-9H2,1-2H3,(H,22,23);3-7,17-18,22H,8-9H2,1-2H3/t2*17-,18+,20?/m00/s1. The number of rotatable bonds is 8. The average Bonchev–Trinajstić information content (AvgIpc) is 3.95. The molecule has 300 valence electrons. The van der Waals surface area contributed by atoms with Crippen LogP contribution in [0.5, 0.6) is 57.5 Å². The van der Waals surface area contributed by atoms with Crippen LogP contribution in [0.2, 0.25) is 0 Å². The summed E-state index contributed by atoms with van der Waals surface area (Å²) in [5.74, 6) is -5.45. The zero-order valence-electron chi connectivity index (χ0n) is 31.0. The van der Waals surface area contributed by atoms with Gasteiger partial charge in [0, 0.05) is 58.4 Å². The minimum absolute atomic E-state index is 0.0153. The first kappa shape index (κ1) is 37.6. The van der Waals surface area contributed by atoms with Crippen molar-refractivity contribution < 1.29 is 82.1 Å². The summed E-state index contributed by atoms with van der Waals surface area (Å²) in [6.45, 7) is -1.06. The molecule has 0 radical (unpaired) electrons. The van der Waals surface area contributed by atoms with Crippen LogP contribution >= 0.6 is 0 Å². The monoisotopic (exact) mass is 790 g/mol. The van der Waals surface area contributed by atoms with Crippen molar-refractivity contribution in [1.29, 1.82) is 0 Å². The van der Waals surface area contributed by atoms with E-state index in [1.165, 1.54) is 27.4 Å². The van der Waals surface area contributed by atoms with E-state index in [1.807, 2.05) is 6.07 Å². The summed E-state index contributed by atoms with van der Waals surface area (Å²) < 4.78 is 59.8. The Labute approximate surface area is 324 Å². The van der Waals surface area contributed by atoms with Crippen molar-refractivity contribution in [2.75, 3.05) is 55.2 Å². The highest BCUT2D eigenvalue weighted by Gasteiger charge is 2.60.